The van der Waals surface area contributed by atoms with Gasteiger partial charge in [0.1, 0.15) is 5.82 Å². The maximum atomic E-state index is 13.1. The third-order valence-electron chi connectivity index (χ3n) is 2.93. The van der Waals surface area contributed by atoms with Gasteiger partial charge >= 0.3 is 0 Å². The minimum absolute atomic E-state index is 0.141. The SMILES string of the molecule is Fc1ccc2c(c1)N(C1CC1)CCN2. The van der Waals surface area contributed by atoms with Gasteiger partial charge in [0.05, 0.1) is 11.4 Å². The molecule has 0 atom stereocenters. The molecular formula is C11H13FN2. The van der Waals surface area contributed by atoms with Crippen molar-refractivity contribution < 1.29 is 4.39 Å². The second kappa shape index (κ2) is 2.87. The normalized spacial score (nSPS) is 20.2. The van der Waals surface area contributed by atoms with E-state index in [1.165, 1.54) is 18.9 Å². The maximum Gasteiger partial charge on any atom is 0.125 e. The molecule has 2 aliphatic rings. The summed E-state index contributed by atoms with van der Waals surface area (Å²) in [6.07, 6.45) is 2.52. The molecule has 3 heteroatoms. The highest BCUT2D eigenvalue weighted by Crippen LogP contribution is 2.37. The van der Waals surface area contributed by atoms with Crippen LogP contribution in [0.4, 0.5) is 15.8 Å². The molecule has 14 heavy (non-hydrogen) atoms. The van der Waals surface area contributed by atoms with Crippen molar-refractivity contribution in [1.82, 2.24) is 0 Å². The third kappa shape index (κ3) is 1.24. The lowest BCUT2D eigenvalue weighted by molar-refractivity contribution is 0.625. The van der Waals surface area contributed by atoms with Crippen molar-refractivity contribution in [1.29, 1.82) is 0 Å². The van der Waals surface area contributed by atoms with Gasteiger partial charge < -0.3 is 10.2 Å². The van der Waals surface area contributed by atoms with Crippen molar-refractivity contribution in [3.63, 3.8) is 0 Å². The molecule has 0 aromatic heterocycles. The van der Waals surface area contributed by atoms with Gasteiger partial charge in [-0.15, -0.1) is 0 Å². The number of fused-ring (bicyclic) bond motifs is 1. The van der Waals surface area contributed by atoms with E-state index in [-0.39, 0.29) is 5.82 Å². The molecule has 1 aliphatic carbocycles. The first-order chi connectivity index (χ1) is 6.84. The third-order valence-corrected chi connectivity index (χ3v) is 2.93. The Morgan fingerprint density at radius 3 is 3.00 bits per heavy atom. The Morgan fingerprint density at radius 1 is 1.36 bits per heavy atom. The molecule has 0 radical (unpaired) electrons. The molecule has 0 spiro atoms. The van der Waals surface area contributed by atoms with Gasteiger partial charge in [-0.2, -0.15) is 0 Å². The summed E-state index contributed by atoms with van der Waals surface area (Å²) >= 11 is 0. The van der Waals surface area contributed by atoms with Gasteiger partial charge in [0.15, 0.2) is 0 Å². The van der Waals surface area contributed by atoms with E-state index in [9.17, 15) is 4.39 Å². The molecule has 0 unspecified atom stereocenters. The number of nitrogens with one attached hydrogen (secondary N) is 1. The van der Waals surface area contributed by atoms with Crippen LogP contribution in [0.3, 0.4) is 0 Å². The van der Waals surface area contributed by atoms with Crippen LogP contribution in [0, 0.1) is 5.82 Å². The molecule has 0 amide bonds. The van der Waals surface area contributed by atoms with Crippen LogP contribution in [0.25, 0.3) is 0 Å². The highest BCUT2D eigenvalue weighted by molar-refractivity contribution is 5.72. The number of benzene rings is 1. The van der Waals surface area contributed by atoms with Crippen molar-refractivity contribution in [3.05, 3.63) is 24.0 Å². The predicted molar refractivity (Wildman–Crippen MR) is 55.3 cm³/mol. The smallest absolute Gasteiger partial charge is 0.125 e. The van der Waals surface area contributed by atoms with Gasteiger partial charge in [-0.05, 0) is 31.0 Å². The van der Waals surface area contributed by atoms with E-state index in [2.05, 4.69) is 10.2 Å². The van der Waals surface area contributed by atoms with E-state index in [4.69, 9.17) is 0 Å². The van der Waals surface area contributed by atoms with E-state index >= 15 is 0 Å². The number of rotatable bonds is 1. The summed E-state index contributed by atoms with van der Waals surface area (Å²) in [6.45, 7) is 1.97. The second-order valence-electron chi connectivity index (χ2n) is 4.01. The molecule has 1 aliphatic heterocycles. The van der Waals surface area contributed by atoms with Gasteiger partial charge in [0.2, 0.25) is 0 Å². The fourth-order valence-corrected chi connectivity index (χ4v) is 2.09. The van der Waals surface area contributed by atoms with Gasteiger partial charge in [0, 0.05) is 19.1 Å². The highest BCUT2D eigenvalue weighted by atomic mass is 19.1. The molecule has 74 valence electrons. The summed E-state index contributed by atoms with van der Waals surface area (Å²) in [7, 11) is 0. The average molecular weight is 192 g/mol. The number of halogens is 1. The van der Waals surface area contributed by atoms with E-state index in [1.807, 2.05) is 6.07 Å². The molecule has 1 fully saturated rings. The van der Waals surface area contributed by atoms with Crippen LogP contribution >= 0.6 is 0 Å². The minimum Gasteiger partial charge on any atom is -0.382 e. The summed E-state index contributed by atoms with van der Waals surface area (Å²) in [4.78, 5) is 2.33. The zero-order valence-electron chi connectivity index (χ0n) is 7.96. The lowest BCUT2D eigenvalue weighted by Gasteiger charge is -2.32. The minimum atomic E-state index is -0.141. The molecule has 1 aromatic rings. The Balaban J connectivity index is 2.02. The molecule has 1 saturated carbocycles. The average Bonchev–Trinajstić information content (AvgIpc) is 3.00. The van der Waals surface area contributed by atoms with E-state index in [0.717, 1.165) is 24.5 Å². The molecule has 3 rings (SSSR count). The summed E-state index contributed by atoms with van der Waals surface area (Å²) < 4.78 is 13.1. The summed E-state index contributed by atoms with van der Waals surface area (Å²) in [5.74, 6) is -0.141. The van der Waals surface area contributed by atoms with Gasteiger partial charge in [-0.25, -0.2) is 4.39 Å². The first-order valence-electron chi connectivity index (χ1n) is 5.15. The van der Waals surface area contributed by atoms with Crippen LogP contribution < -0.4 is 10.2 Å². The van der Waals surface area contributed by atoms with Gasteiger partial charge in [-0.3, -0.25) is 0 Å². The van der Waals surface area contributed by atoms with Crippen LogP contribution in [-0.2, 0) is 0 Å². The second-order valence-corrected chi connectivity index (χ2v) is 4.01. The zero-order chi connectivity index (χ0) is 9.54. The van der Waals surface area contributed by atoms with E-state index in [0.29, 0.717) is 6.04 Å². The molecule has 0 bridgehead atoms. The number of hydrogen-bond donors (Lipinski definition) is 1. The highest BCUT2D eigenvalue weighted by Gasteiger charge is 2.31. The number of anilines is 2. The van der Waals surface area contributed by atoms with Crippen molar-refractivity contribution in [2.45, 2.75) is 18.9 Å². The van der Waals surface area contributed by atoms with Gasteiger partial charge in [-0.1, -0.05) is 0 Å². The summed E-state index contributed by atoms with van der Waals surface area (Å²) in [5.41, 5.74) is 2.11. The quantitative estimate of drug-likeness (QED) is 0.734. The number of nitrogens with zero attached hydrogens (tertiary/aromatic N) is 1. The molecule has 2 nitrogen and oxygen atoms in total. The van der Waals surface area contributed by atoms with Crippen LogP contribution in [0.15, 0.2) is 18.2 Å². The van der Waals surface area contributed by atoms with E-state index < -0.39 is 0 Å². The van der Waals surface area contributed by atoms with Crippen molar-refractivity contribution >= 4 is 11.4 Å². The molecular weight excluding hydrogens is 179 g/mol. The maximum absolute atomic E-state index is 13.1. The van der Waals surface area contributed by atoms with Gasteiger partial charge in [0.25, 0.3) is 0 Å². The largest absolute Gasteiger partial charge is 0.382 e. The van der Waals surface area contributed by atoms with Crippen LogP contribution in [0.2, 0.25) is 0 Å². The Labute approximate surface area is 82.7 Å². The van der Waals surface area contributed by atoms with Crippen molar-refractivity contribution in [2.24, 2.45) is 0 Å². The van der Waals surface area contributed by atoms with Crippen LogP contribution in [0.1, 0.15) is 12.8 Å². The molecule has 1 N–H and O–H groups in total. The topological polar surface area (TPSA) is 15.3 Å². The predicted octanol–water partition coefficient (Wildman–Crippen LogP) is 2.22. The lowest BCUT2D eigenvalue weighted by atomic mass is 10.2. The number of hydrogen-bond acceptors (Lipinski definition) is 2. The molecule has 1 aromatic carbocycles. The Bertz CT molecular complexity index is 360. The Morgan fingerprint density at radius 2 is 2.21 bits per heavy atom. The molecule has 0 saturated heterocycles. The summed E-state index contributed by atoms with van der Waals surface area (Å²) in [6, 6.07) is 5.65. The zero-order valence-corrected chi connectivity index (χ0v) is 7.96. The first-order valence-corrected chi connectivity index (χ1v) is 5.15. The Kier molecular flexibility index (Phi) is 1.66. The standard InChI is InChI=1S/C11H13FN2/c12-8-1-4-10-11(7-8)14(6-5-13-10)9-2-3-9/h1,4,7,9,13H,2-3,5-6H2. The lowest BCUT2D eigenvalue weighted by Crippen LogP contribution is -2.35. The fourth-order valence-electron chi connectivity index (χ4n) is 2.09. The fraction of sp³-hybridized carbons (Fsp3) is 0.455. The van der Waals surface area contributed by atoms with Crippen LogP contribution in [-0.4, -0.2) is 19.1 Å². The first kappa shape index (κ1) is 8.09. The van der Waals surface area contributed by atoms with Crippen molar-refractivity contribution in [2.75, 3.05) is 23.3 Å². The van der Waals surface area contributed by atoms with Crippen LogP contribution in [0.5, 0.6) is 0 Å². The Hall–Kier alpha value is -1.25. The van der Waals surface area contributed by atoms with E-state index in [1.54, 1.807) is 6.07 Å². The molecule has 1 heterocycles. The summed E-state index contributed by atoms with van der Waals surface area (Å²) in [5, 5.41) is 3.29. The van der Waals surface area contributed by atoms with Crippen molar-refractivity contribution in [3.8, 4) is 0 Å². The monoisotopic (exact) mass is 192 g/mol.